The van der Waals surface area contributed by atoms with Gasteiger partial charge in [-0.2, -0.15) is 0 Å². The van der Waals surface area contributed by atoms with Crippen LogP contribution < -0.4 is 0 Å². The van der Waals surface area contributed by atoms with Gasteiger partial charge in [0, 0.05) is 5.39 Å². The molecule has 2 heteroatoms. The lowest BCUT2D eigenvalue weighted by Crippen LogP contribution is -1.93. The summed E-state index contributed by atoms with van der Waals surface area (Å²) in [6, 6.07) is 24.4. The van der Waals surface area contributed by atoms with Gasteiger partial charge >= 0.3 is 0 Å². The number of fused-ring (bicyclic) bond motifs is 1. The van der Waals surface area contributed by atoms with Gasteiger partial charge in [0.2, 0.25) is 0 Å². The van der Waals surface area contributed by atoms with Crippen LogP contribution in [0.1, 0.15) is 5.56 Å². The molecule has 0 atom stereocenters. The van der Waals surface area contributed by atoms with Gasteiger partial charge in [-0.15, -0.1) is 0 Å². The maximum Gasteiger partial charge on any atom is 0.126 e. The van der Waals surface area contributed by atoms with Gasteiger partial charge in [0.15, 0.2) is 0 Å². The van der Waals surface area contributed by atoms with E-state index in [0.29, 0.717) is 0 Å². The van der Waals surface area contributed by atoms with Crippen LogP contribution in [0.3, 0.4) is 0 Å². The maximum absolute atomic E-state index is 13.4. The number of benzene rings is 4. The minimum absolute atomic E-state index is 0.271. The molecule has 25 heavy (non-hydrogen) atoms. The van der Waals surface area contributed by atoms with Gasteiger partial charge in [-0.3, -0.25) is 0 Å². The zero-order valence-electron chi connectivity index (χ0n) is 13.8. The summed E-state index contributed by atoms with van der Waals surface area (Å²) in [5.74, 6) is 0.00211. The molecule has 0 fully saturated rings. The first kappa shape index (κ1) is 15.4. The third-order valence-corrected chi connectivity index (χ3v) is 4.63. The van der Waals surface area contributed by atoms with E-state index in [9.17, 15) is 9.50 Å². The molecule has 0 saturated carbocycles. The predicted molar refractivity (Wildman–Crippen MR) is 101 cm³/mol. The Hall–Kier alpha value is -3.13. The summed E-state index contributed by atoms with van der Waals surface area (Å²) in [6.45, 7) is 1.91. The topological polar surface area (TPSA) is 20.2 Å². The van der Waals surface area contributed by atoms with Crippen molar-refractivity contribution in [3.63, 3.8) is 0 Å². The average molecular weight is 328 g/mol. The molecule has 0 radical (unpaired) electrons. The number of phenols is 1. The number of hydrogen-bond donors (Lipinski definition) is 1. The lowest BCUT2D eigenvalue weighted by Gasteiger charge is -2.19. The van der Waals surface area contributed by atoms with Gasteiger partial charge in [0.05, 0.1) is 0 Å². The number of aromatic hydroxyl groups is 1. The van der Waals surface area contributed by atoms with Crippen LogP contribution in [-0.2, 0) is 0 Å². The van der Waals surface area contributed by atoms with E-state index in [1.165, 1.54) is 12.1 Å². The quantitative estimate of drug-likeness (QED) is 0.456. The number of rotatable bonds is 2. The van der Waals surface area contributed by atoms with Crippen molar-refractivity contribution in [2.45, 2.75) is 6.92 Å². The normalized spacial score (nSPS) is 11.0. The molecule has 0 spiro atoms. The highest BCUT2D eigenvalue weighted by molar-refractivity contribution is 6.08. The molecular formula is C23H17FO. The molecule has 0 amide bonds. The van der Waals surface area contributed by atoms with E-state index in [4.69, 9.17) is 0 Å². The highest BCUT2D eigenvalue weighted by Crippen LogP contribution is 2.45. The van der Waals surface area contributed by atoms with Gasteiger partial charge in [0.1, 0.15) is 11.6 Å². The van der Waals surface area contributed by atoms with Crippen molar-refractivity contribution in [1.82, 2.24) is 0 Å². The van der Waals surface area contributed by atoms with Crippen molar-refractivity contribution in [1.29, 1.82) is 0 Å². The van der Waals surface area contributed by atoms with E-state index < -0.39 is 0 Å². The average Bonchev–Trinajstić information content (AvgIpc) is 2.66. The molecule has 4 aromatic rings. The molecule has 0 aromatic heterocycles. The number of hydrogen-bond acceptors (Lipinski definition) is 1. The van der Waals surface area contributed by atoms with Crippen molar-refractivity contribution in [2.24, 2.45) is 0 Å². The van der Waals surface area contributed by atoms with Gasteiger partial charge in [-0.1, -0.05) is 66.7 Å². The minimum atomic E-state index is -0.271. The fourth-order valence-electron chi connectivity index (χ4n) is 3.43. The molecule has 4 rings (SSSR count). The van der Waals surface area contributed by atoms with Crippen molar-refractivity contribution in [3.8, 4) is 28.0 Å². The molecule has 0 aliphatic carbocycles. The van der Waals surface area contributed by atoms with Gasteiger partial charge < -0.3 is 5.11 Å². The molecule has 0 unspecified atom stereocenters. The van der Waals surface area contributed by atoms with E-state index in [1.54, 1.807) is 12.1 Å². The molecule has 1 nitrogen and oxygen atoms in total. The van der Waals surface area contributed by atoms with E-state index in [1.807, 2.05) is 49.4 Å². The fourth-order valence-corrected chi connectivity index (χ4v) is 3.43. The smallest absolute Gasteiger partial charge is 0.126 e. The molecule has 1 N–H and O–H groups in total. The third-order valence-electron chi connectivity index (χ3n) is 4.63. The second kappa shape index (κ2) is 6.06. The molecule has 0 bridgehead atoms. The molecule has 0 heterocycles. The van der Waals surface area contributed by atoms with Crippen LogP contribution in [0.2, 0.25) is 0 Å². The standard InChI is InChI=1S/C23H17FO/c1-15-21(17-11-13-18(24)14-12-17)22(16-7-3-2-4-8-16)19-9-5-6-10-20(19)23(15)25/h2-14,25H,1H3. The van der Waals surface area contributed by atoms with Gasteiger partial charge in [-0.25, -0.2) is 4.39 Å². The predicted octanol–water partition coefficient (Wildman–Crippen LogP) is 6.33. The SMILES string of the molecule is Cc1c(-c2ccc(F)cc2)c(-c2ccccc2)c2ccccc2c1O. The maximum atomic E-state index is 13.4. The highest BCUT2D eigenvalue weighted by Gasteiger charge is 2.18. The second-order valence-electron chi connectivity index (χ2n) is 6.14. The molecule has 122 valence electrons. The number of halogens is 1. The van der Waals surface area contributed by atoms with Crippen LogP contribution in [0.15, 0.2) is 78.9 Å². The summed E-state index contributed by atoms with van der Waals surface area (Å²) >= 11 is 0. The van der Waals surface area contributed by atoms with Gasteiger partial charge in [-0.05, 0) is 52.3 Å². The van der Waals surface area contributed by atoms with Crippen LogP contribution >= 0.6 is 0 Å². The Morgan fingerprint density at radius 1 is 0.640 bits per heavy atom. The van der Waals surface area contributed by atoms with Crippen molar-refractivity contribution >= 4 is 10.8 Å². The van der Waals surface area contributed by atoms with Crippen molar-refractivity contribution in [2.75, 3.05) is 0 Å². The third kappa shape index (κ3) is 2.56. The van der Waals surface area contributed by atoms with E-state index >= 15 is 0 Å². The van der Waals surface area contributed by atoms with Crippen molar-refractivity contribution in [3.05, 3.63) is 90.2 Å². The van der Waals surface area contributed by atoms with E-state index in [0.717, 1.165) is 38.6 Å². The monoisotopic (exact) mass is 328 g/mol. The van der Waals surface area contributed by atoms with E-state index in [2.05, 4.69) is 12.1 Å². The summed E-state index contributed by atoms with van der Waals surface area (Å²) in [5, 5.41) is 12.6. The zero-order valence-corrected chi connectivity index (χ0v) is 13.8. The lowest BCUT2D eigenvalue weighted by atomic mass is 9.86. The Morgan fingerprint density at radius 2 is 1.20 bits per heavy atom. The first-order valence-electron chi connectivity index (χ1n) is 8.22. The second-order valence-corrected chi connectivity index (χ2v) is 6.14. The Labute approximate surface area is 146 Å². The van der Waals surface area contributed by atoms with Crippen molar-refractivity contribution < 1.29 is 9.50 Å². The Morgan fingerprint density at radius 3 is 1.88 bits per heavy atom. The Balaban J connectivity index is 2.17. The van der Waals surface area contributed by atoms with Crippen LogP contribution in [0.4, 0.5) is 4.39 Å². The molecular weight excluding hydrogens is 311 g/mol. The summed E-state index contributed by atoms with van der Waals surface area (Å²) in [7, 11) is 0. The molecule has 0 saturated heterocycles. The lowest BCUT2D eigenvalue weighted by molar-refractivity contribution is 0.478. The van der Waals surface area contributed by atoms with E-state index in [-0.39, 0.29) is 11.6 Å². The van der Waals surface area contributed by atoms with Crippen LogP contribution in [0.5, 0.6) is 5.75 Å². The Bertz CT molecular complexity index is 1050. The summed E-state index contributed by atoms with van der Waals surface area (Å²) in [4.78, 5) is 0. The highest BCUT2D eigenvalue weighted by atomic mass is 19.1. The molecule has 0 aliphatic rings. The minimum Gasteiger partial charge on any atom is -0.507 e. The molecule has 0 aliphatic heterocycles. The van der Waals surface area contributed by atoms with Crippen LogP contribution in [0.25, 0.3) is 33.0 Å². The fraction of sp³-hybridized carbons (Fsp3) is 0.0435. The summed E-state index contributed by atoms with van der Waals surface area (Å²) in [6.07, 6.45) is 0. The summed E-state index contributed by atoms with van der Waals surface area (Å²) < 4.78 is 13.4. The van der Waals surface area contributed by atoms with Crippen LogP contribution in [0, 0.1) is 12.7 Å². The van der Waals surface area contributed by atoms with Gasteiger partial charge in [0.25, 0.3) is 0 Å². The number of phenolic OH excluding ortho intramolecular Hbond substituents is 1. The van der Waals surface area contributed by atoms with Crippen LogP contribution in [-0.4, -0.2) is 5.11 Å². The zero-order chi connectivity index (χ0) is 17.4. The Kier molecular flexibility index (Phi) is 3.73. The summed E-state index contributed by atoms with van der Waals surface area (Å²) in [5.41, 5.74) is 4.74. The first-order chi connectivity index (χ1) is 12.2. The first-order valence-corrected chi connectivity index (χ1v) is 8.22. The largest absolute Gasteiger partial charge is 0.507 e. The molecule has 4 aromatic carbocycles.